The fourth-order valence-corrected chi connectivity index (χ4v) is 4.79. The van der Waals surface area contributed by atoms with E-state index in [0.29, 0.717) is 22.5 Å². The summed E-state index contributed by atoms with van der Waals surface area (Å²) in [7, 11) is -1.66. The standard InChI is InChI=1S/C21H25N3O3S2/c1-16-5-9-18(10-6-16)27-13-4-14-28-21-23-22-20(24(21)3)15-29(25,26)19-11-7-17(2)8-12-19/h5-12H,4,13-15H2,1-3H3. The summed E-state index contributed by atoms with van der Waals surface area (Å²) in [6.07, 6.45) is 0.850. The van der Waals surface area contributed by atoms with Gasteiger partial charge in [-0.25, -0.2) is 8.42 Å². The number of aryl methyl sites for hydroxylation is 2. The lowest BCUT2D eigenvalue weighted by molar-refractivity contribution is 0.318. The van der Waals surface area contributed by atoms with Crippen LogP contribution < -0.4 is 4.74 Å². The predicted molar refractivity (Wildman–Crippen MR) is 115 cm³/mol. The van der Waals surface area contributed by atoms with Crippen LogP contribution in [0.15, 0.2) is 58.6 Å². The van der Waals surface area contributed by atoms with Crippen LogP contribution in [0.4, 0.5) is 0 Å². The SMILES string of the molecule is Cc1ccc(OCCCSc2nnc(CS(=O)(=O)c3ccc(C)cc3)n2C)cc1. The lowest BCUT2D eigenvalue weighted by Crippen LogP contribution is -2.10. The van der Waals surface area contributed by atoms with Gasteiger partial charge in [-0.15, -0.1) is 10.2 Å². The van der Waals surface area contributed by atoms with Crippen LogP contribution in [0.2, 0.25) is 0 Å². The Kier molecular flexibility index (Phi) is 6.97. The van der Waals surface area contributed by atoms with Crippen molar-refractivity contribution in [3.63, 3.8) is 0 Å². The van der Waals surface area contributed by atoms with Crippen LogP contribution in [-0.2, 0) is 22.6 Å². The van der Waals surface area contributed by atoms with Gasteiger partial charge in [0.25, 0.3) is 0 Å². The molecule has 0 N–H and O–H groups in total. The van der Waals surface area contributed by atoms with Crippen LogP contribution in [0.1, 0.15) is 23.4 Å². The third-order valence-corrected chi connectivity index (χ3v) is 7.17. The van der Waals surface area contributed by atoms with Crippen molar-refractivity contribution in [2.24, 2.45) is 7.05 Å². The second-order valence-electron chi connectivity index (χ2n) is 6.89. The second kappa shape index (κ2) is 9.45. The Hall–Kier alpha value is -2.32. The fourth-order valence-electron chi connectivity index (χ4n) is 2.64. The molecule has 0 atom stereocenters. The van der Waals surface area contributed by atoms with E-state index in [4.69, 9.17) is 4.74 Å². The Balaban J connectivity index is 1.51. The molecule has 0 spiro atoms. The third kappa shape index (κ3) is 5.83. The average Bonchev–Trinajstić information content (AvgIpc) is 3.02. The summed E-state index contributed by atoms with van der Waals surface area (Å²) in [6, 6.07) is 14.8. The van der Waals surface area contributed by atoms with Gasteiger partial charge in [-0.1, -0.05) is 47.2 Å². The van der Waals surface area contributed by atoms with E-state index >= 15 is 0 Å². The summed E-state index contributed by atoms with van der Waals surface area (Å²) in [5, 5.41) is 8.93. The molecular weight excluding hydrogens is 406 g/mol. The third-order valence-electron chi connectivity index (χ3n) is 4.43. The maximum Gasteiger partial charge on any atom is 0.190 e. The zero-order valence-electron chi connectivity index (χ0n) is 16.8. The molecule has 0 bridgehead atoms. The molecule has 3 rings (SSSR count). The van der Waals surface area contributed by atoms with Crippen molar-refractivity contribution in [1.82, 2.24) is 14.8 Å². The highest BCUT2D eigenvalue weighted by Gasteiger charge is 2.20. The van der Waals surface area contributed by atoms with Crippen molar-refractivity contribution < 1.29 is 13.2 Å². The lowest BCUT2D eigenvalue weighted by Gasteiger charge is -2.07. The van der Waals surface area contributed by atoms with Crippen LogP contribution >= 0.6 is 11.8 Å². The summed E-state index contributed by atoms with van der Waals surface area (Å²) in [5.74, 6) is 1.94. The highest BCUT2D eigenvalue weighted by Crippen LogP contribution is 2.21. The summed E-state index contributed by atoms with van der Waals surface area (Å²) >= 11 is 1.54. The second-order valence-corrected chi connectivity index (χ2v) is 9.95. The molecule has 0 radical (unpaired) electrons. The van der Waals surface area contributed by atoms with E-state index in [1.165, 1.54) is 5.56 Å². The molecule has 1 heterocycles. The van der Waals surface area contributed by atoms with Gasteiger partial charge in [0.05, 0.1) is 11.5 Å². The van der Waals surface area contributed by atoms with Crippen LogP contribution in [-0.4, -0.2) is 35.5 Å². The molecule has 0 fully saturated rings. The van der Waals surface area contributed by atoms with Crippen molar-refractivity contribution in [3.05, 3.63) is 65.5 Å². The minimum atomic E-state index is -3.45. The van der Waals surface area contributed by atoms with Gasteiger partial charge in [0, 0.05) is 12.8 Å². The first-order valence-electron chi connectivity index (χ1n) is 9.35. The Morgan fingerprint density at radius 1 is 0.966 bits per heavy atom. The van der Waals surface area contributed by atoms with E-state index in [9.17, 15) is 8.42 Å². The number of thioether (sulfide) groups is 1. The van der Waals surface area contributed by atoms with Gasteiger partial charge < -0.3 is 9.30 Å². The van der Waals surface area contributed by atoms with E-state index in [2.05, 4.69) is 10.2 Å². The first-order valence-corrected chi connectivity index (χ1v) is 12.0. The number of hydrogen-bond donors (Lipinski definition) is 0. The smallest absolute Gasteiger partial charge is 0.190 e. The molecular formula is C21H25N3O3S2. The zero-order valence-corrected chi connectivity index (χ0v) is 18.5. The van der Waals surface area contributed by atoms with Gasteiger partial charge in [-0.3, -0.25) is 0 Å². The molecule has 0 saturated heterocycles. The normalized spacial score (nSPS) is 11.6. The Morgan fingerprint density at radius 3 is 2.24 bits per heavy atom. The van der Waals surface area contributed by atoms with Crippen LogP contribution in [0.3, 0.4) is 0 Å². The Bertz CT molecular complexity index is 1040. The molecule has 0 amide bonds. The molecule has 29 heavy (non-hydrogen) atoms. The van der Waals surface area contributed by atoms with E-state index in [1.54, 1.807) is 47.6 Å². The Morgan fingerprint density at radius 2 is 1.59 bits per heavy atom. The first-order chi connectivity index (χ1) is 13.8. The minimum absolute atomic E-state index is 0.170. The highest BCUT2D eigenvalue weighted by atomic mass is 32.2. The molecule has 0 saturated carbocycles. The van der Waals surface area contributed by atoms with Crippen LogP contribution in [0.25, 0.3) is 0 Å². The fraction of sp³-hybridized carbons (Fsp3) is 0.333. The summed E-state index contributed by atoms with van der Waals surface area (Å²) in [4.78, 5) is 0.300. The van der Waals surface area contributed by atoms with E-state index in [0.717, 1.165) is 23.5 Å². The quantitative estimate of drug-likeness (QED) is 0.377. The summed E-state index contributed by atoms with van der Waals surface area (Å²) in [5.41, 5.74) is 2.23. The number of aromatic nitrogens is 3. The number of ether oxygens (including phenoxy) is 1. The van der Waals surface area contributed by atoms with Gasteiger partial charge in [0.2, 0.25) is 0 Å². The molecule has 154 valence electrons. The van der Waals surface area contributed by atoms with E-state index in [1.807, 2.05) is 38.1 Å². The van der Waals surface area contributed by atoms with Gasteiger partial charge in [0.15, 0.2) is 15.0 Å². The molecule has 0 aliphatic carbocycles. The van der Waals surface area contributed by atoms with E-state index < -0.39 is 9.84 Å². The number of benzene rings is 2. The van der Waals surface area contributed by atoms with Gasteiger partial charge >= 0.3 is 0 Å². The zero-order chi connectivity index (χ0) is 20.9. The number of rotatable bonds is 9. The van der Waals surface area contributed by atoms with Gasteiger partial charge in [0.1, 0.15) is 17.3 Å². The number of nitrogens with zero attached hydrogens (tertiary/aromatic N) is 3. The molecule has 0 aliphatic rings. The van der Waals surface area contributed by atoms with Crippen molar-refractivity contribution in [3.8, 4) is 5.75 Å². The van der Waals surface area contributed by atoms with Crippen molar-refractivity contribution in [2.45, 2.75) is 36.1 Å². The number of hydrogen-bond acceptors (Lipinski definition) is 6. The van der Waals surface area contributed by atoms with E-state index in [-0.39, 0.29) is 5.75 Å². The summed E-state index contributed by atoms with van der Waals surface area (Å²) < 4.78 is 32.7. The predicted octanol–water partition coefficient (Wildman–Crippen LogP) is 3.97. The molecule has 1 aromatic heterocycles. The van der Waals surface area contributed by atoms with Crippen molar-refractivity contribution >= 4 is 21.6 Å². The lowest BCUT2D eigenvalue weighted by atomic mass is 10.2. The topological polar surface area (TPSA) is 74.1 Å². The maximum absolute atomic E-state index is 12.6. The average molecular weight is 432 g/mol. The van der Waals surface area contributed by atoms with Gasteiger partial charge in [-0.05, 0) is 44.5 Å². The summed E-state index contributed by atoms with van der Waals surface area (Å²) in [6.45, 7) is 4.58. The molecule has 0 unspecified atom stereocenters. The number of sulfone groups is 1. The van der Waals surface area contributed by atoms with Crippen molar-refractivity contribution in [1.29, 1.82) is 0 Å². The molecule has 6 nitrogen and oxygen atoms in total. The molecule has 3 aromatic rings. The molecule has 8 heteroatoms. The van der Waals surface area contributed by atoms with Crippen molar-refractivity contribution in [2.75, 3.05) is 12.4 Å². The van der Waals surface area contributed by atoms with Crippen LogP contribution in [0.5, 0.6) is 5.75 Å². The van der Waals surface area contributed by atoms with Crippen LogP contribution in [0, 0.1) is 13.8 Å². The monoisotopic (exact) mass is 431 g/mol. The molecule has 0 aliphatic heterocycles. The minimum Gasteiger partial charge on any atom is -0.494 e. The first kappa shape index (κ1) is 21.4. The Labute approximate surface area is 176 Å². The highest BCUT2D eigenvalue weighted by molar-refractivity contribution is 7.99. The van der Waals surface area contributed by atoms with Gasteiger partial charge in [-0.2, -0.15) is 0 Å². The maximum atomic E-state index is 12.6. The molecule has 2 aromatic carbocycles. The largest absolute Gasteiger partial charge is 0.494 e.